The van der Waals surface area contributed by atoms with Crippen molar-refractivity contribution in [3.05, 3.63) is 53.8 Å². The first kappa shape index (κ1) is 19.2. The molecule has 7 heteroatoms. The number of ether oxygens (including phenoxy) is 3. The van der Waals surface area contributed by atoms with Crippen LogP contribution in [0.2, 0.25) is 0 Å². The highest BCUT2D eigenvalue weighted by atomic mass is 19.1. The minimum atomic E-state index is -1.08. The zero-order chi connectivity index (χ0) is 19.1. The Labute approximate surface area is 150 Å². The first-order valence-electron chi connectivity index (χ1n) is 8.03. The lowest BCUT2D eigenvalue weighted by atomic mass is 10.2. The van der Waals surface area contributed by atoms with Crippen molar-refractivity contribution in [3.8, 4) is 11.5 Å². The van der Waals surface area contributed by atoms with Crippen molar-refractivity contribution in [2.45, 2.75) is 20.0 Å². The van der Waals surface area contributed by atoms with E-state index in [1.807, 2.05) is 6.92 Å². The average molecular weight is 361 g/mol. The van der Waals surface area contributed by atoms with Gasteiger partial charge in [0, 0.05) is 0 Å². The number of hydrogen-bond acceptors (Lipinski definition) is 5. The van der Waals surface area contributed by atoms with Gasteiger partial charge in [-0.15, -0.1) is 0 Å². The number of methoxy groups -OCH3 is 1. The summed E-state index contributed by atoms with van der Waals surface area (Å²) in [7, 11) is 1.32. The number of para-hydroxylation sites is 2. The highest BCUT2D eigenvalue weighted by molar-refractivity contribution is 5.98. The van der Waals surface area contributed by atoms with Crippen LogP contribution in [0.3, 0.4) is 0 Å². The number of nitrogens with one attached hydrogen (secondary N) is 1. The molecule has 0 radical (unpaired) electrons. The standard InChI is InChI=1S/C19H20FNO5/c1-4-25-17-8-6-5-7-15(17)21-18(22)12(2)26-19(23)13-9-10-16(24-3)14(20)11-13/h5-12H,4H2,1-3H3,(H,21,22)/t12-/m0/s1. The fourth-order valence-corrected chi connectivity index (χ4v) is 2.16. The van der Waals surface area contributed by atoms with Gasteiger partial charge in [0.05, 0.1) is 25.0 Å². The maximum Gasteiger partial charge on any atom is 0.339 e. The molecule has 0 fully saturated rings. The van der Waals surface area contributed by atoms with Gasteiger partial charge in [-0.3, -0.25) is 4.79 Å². The Kier molecular flexibility index (Phi) is 6.54. The molecule has 0 heterocycles. The Morgan fingerprint density at radius 2 is 1.88 bits per heavy atom. The van der Waals surface area contributed by atoms with Crippen molar-refractivity contribution in [3.63, 3.8) is 0 Å². The fraction of sp³-hybridized carbons (Fsp3) is 0.263. The zero-order valence-corrected chi connectivity index (χ0v) is 14.7. The monoisotopic (exact) mass is 361 g/mol. The van der Waals surface area contributed by atoms with Crippen LogP contribution in [-0.2, 0) is 9.53 Å². The van der Waals surface area contributed by atoms with Gasteiger partial charge in [-0.05, 0) is 44.2 Å². The maximum atomic E-state index is 13.7. The largest absolute Gasteiger partial charge is 0.494 e. The number of amides is 1. The molecule has 0 spiro atoms. The molecule has 2 aromatic rings. The van der Waals surface area contributed by atoms with Gasteiger partial charge in [0.2, 0.25) is 0 Å². The van der Waals surface area contributed by atoms with E-state index >= 15 is 0 Å². The highest BCUT2D eigenvalue weighted by Gasteiger charge is 2.21. The summed E-state index contributed by atoms with van der Waals surface area (Å²) in [6.07, 6.45) is -1.08. The van der Waals surface area contributed by atoms with Gasteiger partial charge in [-0.25, -0.2) is 9.18 Å². The smallest absolute Gasteiger partial charge is 0.339 e. The van der Waals surface area contributed by atoms with Gasteiger partial charge in [-0.2, -0.15) is 0 Å². The van der Waals surface area contributed by atoms with Crippen LogP contribution in [0.15, 0.2) is 42.5 Å². The van der Waals surface area contributed by atoms with E-state index in [9.17, 15) is 14.0 Å². The van der Waals surface area contributed by atoms with Crippen LogP contribution >= 0.6 is 0 Å². The molecule has 0 aromatic heterocycles. The summed E-state index contributed by atoms with van der Waals surface area (Å²) in [4.78, 5) is 24.4. The second kappa shape index (κ2) is 8.84. The molecule has 0 bridgehead atoms. The molecule has 0 saturated heterocycles. The van der Waals surface area contributed by atoms with E-state index in [0.29, 0.717) is 18.0 Å². The Morgan fingerprint density at radius 3 is 2.54 bits per heavy atom. The summed E-state index contributed by atoms with van der Waals surface area (Å²) in [5, 5.41) is 2.65. The molecule has 2 rings (SSSR count). The van der Waals surface area contributed by atoms with Crippen LogP contribution in [0.1, 0.15) is 24.2 Å². The number of esters is 1. The molecule has 0 aliphatic heterocycles. The number of benzene rings is 2. The van der Waals surface area contributed by atoms with Gasteiger partial charge in [0.15, 0.2) is 17.7 Å². The molecule has 1 N–H and O–H groups in total. The molecule has 0 saturated carbocycles. The first-order chi connectivity index (χ1) is 12.5. The van der Waals surface area contributed by atoms with Crippen molar-refractivity contribution in [2.75, 3.05) is 19.0 Å². The van der Waals surface area contributed by atoms with Gasteiger partial charge >= 0.3 is 5.97 Å². The zero-order valence-electron chi connectivity index (χ0n) is 14.7. The molecular formula is C19H20FNO5. The van der Waals surface area contributed by atoms with E-state index in [-0.39, 0.29) is 11.3 Å². The second-order valence-electron chi connectivity index (χ2n) is 5.32. The lowest BCUT2D eigenvalue weighted by Crippen LogP contribution is -2.30. The van der Waals surface area contributed by atoms with E-state index in [0.717, 1.165) is 6.07 Å². The van der Waals surface area contributed by atoms with E-state index in [1.165, 1.54) is 26.2 Å². The number of halogens is 1. The molecule has 138 valence electrons. The summed E-state index contributed by atoms with van der Waals surface area (Å²) in [6.45, 7) is 3.70. The Hall–Kier alpha value is -3.09. The minimum Gasteiger partial charge on any atom is -0.494 e. The second-order valence-corrected chi connectivity index (χ2v) is 5.32. The van der Waals surface area contributed by atoms with E-state index < -0.39 is 23.8 Å². The van der Waals surface area contributed by atoms with Crippen molar-refractivity contribution < 1.29 is 28.2 Å². The number of rotatable bonds is 7. The van der Waals surface area contributed by atoms with Crippen LogP contribution in [0.25, 0.3) is 0 Å². The molecule has 26 heavy (non-hydrogen) atoms. The van der Waals surface area contributed by atoms with Crippen molar-refractivity contribution in [1.82, 2.24) is 0 Å². The van der Waals surface area contributed by atoms with E-state index in [2.05, 4.69) is 5.32 Å². The molecule has 0 aliphatic rings. The predicted molar refractivity (Wildman–Crippen MR) is 94.1 cm³/mol. The van der Waals surface area contributed by atoms with Gasteiger partial charge < -0.3 is 19.5 Å². The molecule has 0 aliphatic carbocycles. The topological polar surface area (TPSA) is 73.9 Å². The van der Waals surface area contributed by atoms with Crippen molar-refractivity contribution in [1.29, 1.82) is 0 Å². The lowest BCUT2D eigenvalue weighted by molar-refractivity contribution is -0.123. The van der Waals surface area contributed by atoms with Crippen LogP contribution in [0, 0.1) is 5.82 Å². The number of anilines is 1. The summed E-state index contributed by atoms with van der Waals surface area (Å²) in [6, 6.07) is 10.6. The molecule has 1 amide bonds. The summed E-state index contributed by atoms with van der Waals surface area (Å²) < 4.78 is 29.0. The molecular weight excluding hydrogens is 341 g/mol. The molecule has 2 aromatic carbocycles. The third-order valence-electron chi connectivity index (χ3n) is 3.49. The number of hydrogen-bond donors (Lipinski definition) is 1. The van der Waals surface area contributed by atoms with Gasteiger partial charge in [0.25, 0.3) is 5.91 Å². The minimum absolute atomic E-state index is 0.0138. The molecule has 1 atom stereocenters. The molecule has 6 nitrogen and oxygen atoms in total. The normalized spacial score (nSPS) is 11.4. The van der Waals surface area contributed by atoms with Crippen molar-refractivity contribution >= 4 is 17.6 Å². The first-order valence-corrected chi connectivity index (χ1v) is 8.03. The van der Waals surface area contributed by atoms with Gasteiger partial charge in [-0.1, -0.05) is 12.1 Å². The fourth-order valence-electron chi connectivity index (χ4n) is 2.16. The van der Waals surface area contributed by atoms with E-state index in [4.69, 9.17) is 14.2 Å². The molecule has 0 unspecified atom stereocenters. The number of carbonyl (C=O) groups excluding carboxylic acids is 2. The third-order valence-corrected chi connectivity index (χ3v) is 3.49. The van der Waals surface area contributed by atoms with Crippen LogP contribution < -0.4 is 14.8 Å². The summed E-state index contributed by atoms with van der Waals surface area (Å²) >= 11 is 0. The predicted octanol–water partition coefficient (Wildman–Crippen LogP) is 3.42. The maximum absolute atomic E-state index is 13.7. The van der Waals surface area contributed by atoms with Crippen LogP contribution in [0.4, 0.5) is 10.1 Å². The number of carbonyl (C=O) groups is 2. The SMILES string of the molecule is CCOc1ccccc1NC(=O)[C@H](C)OC(=O)c1ccc(OC)c(F)c1. The quantitative estimate of drug-likeness (QED) is 0.765. The Bertz CT molecular complexity index is 793. The Morgan fingerprint density at radius 1 is 1.15 bits per heavy atom. The van der Waals surface area contributed by atoms with Crippen molar-refractivity contribution in [2.24, 2.45) is 0 Å². The van der Waals surface area contributed by atoms with Crippen LogP contribution in [-0.4, -0.2) is 31.7 Å². The third kappa shape index (κ3) is 4.72. The summed E-state index contributed by atoms with van der Waals surface area (Å²) in [5.41, 5.74) is 0.454. The summed E-state index contributed by atoms with van der Waals surface area (Å²) in [5.74, 6) is -1.50. The highest BCUT2D eigenvalue weighted by Crippen LogP contribution is 2.24. The lowest BCUT2D eigenvalue weighted by Gasteiger charge is -2.15. The Balaban J connectivity index is 2.02. The van der Waals surface area contributed by atoms with E-state index in [1.54, 1.807) is 24.3 Å². The van der Waals surface area contributed by atoms with Crippen LogP contribution in [0.5, 0.6) is 11.5 Å². The van der Waals surface area contributed by atoms with Gasteiger partial charge in [0.1, 0.15) is 5.75 Å². The average Bonchev–Trinajstić information content (AvgIpc) is 2.63.